The standard InChI is InChI=1S/C13H9Cl2N3O4S/c14-8-3-6(4-9(15)12(8)16)18-23(20,21)7-1-2-10-11(5-7)22-13(19)17-10/h1-5,18H,16H2,(H,17,19). The minimum atomic E-state index is -3.93. The number of halogens is 2. The Bertz CT molecular complexity index is 1050. The first-order chi connectivity index (χ1) is 10.8. The molecule has 4 N–H and O–H groups in total. The lowest BCUT2D eigenvalue weighted by atomic mass is 10.3. The lowest BCUT2D eigenvalue weighted by Gasteiger charge is -2.10. The Morgan fingerprint density at radius 1 is 1.13 bits per heavy atom. The van der Waals surface area contributed by atoms with Crippen molar-refractivity contribution in [2.45, 2.75) is 4.90 Å². The van der Waals surface area contributed by atoms with E-state index < -0.39 is 15.8 Å². The first-order valence-electron chi connectivity index (χ1n) is 6.16. The summed E-state index contributed by atoms with van der Waals surface area (Å²) in [6, 6.07) is 6.68. The molecule has 0 amide bonds. The summed E-state index contributed by atoms with van der Waals surface area (Å²) in [7, 11) is -3.93. The highest BCUT2D eigenvalue weighted by Gasteiger charge is 2.17. The van der Waals surface area contributed by atoms with Crippen molar-refractivity contribution in [2.75, 3.05) is 10.5 Å². The number of benzene rings is 2. The van der Waals surface area contributed by atoms with Gasteiger partial charge in [0.1, 0.15) is 0 Å². The van der Waals surface area contributed by atoms with Crippen LogP contribution in [-0.2, 0) is 10.0 Å². The van der Waals surface area contributed by atoms with Crippen molar-refractivity contribution in [3.63, 3.8) is 0 Å². The molecule has 10 heteroatoms. The van der Waals surface area contributed by atoms with E-state index in [0.717, 1.165) is 0 Å². The van der Waals surface area contributed by atoms with E-state index in [1.807, 2.05) is 0 Å². The van der Waals surface area contributed by atoms with Gasteiger partial charge in [0.25, 0.3) is 10.0 Å². The zero-order valence-electron chi connectivity index (χ0n) is 11.3. The minimum absolute atomic E-state index is 0.0863. The third kappa shape index (κ3) is 3.00. The molecule has 0 fully saturated rings. The van der Waals surface area contributed by atoms with Crippen LogP contribution in [0.1, 0.15) is 0 Å². The van der Waals surface area contributed by atoms with Crippen LogP contribution in [0.4, 0.5) is 11.4 Å². The largest absolute Gasteiger partial charge is 0.417 e. The topological polar surface area (TPSA) is 118 Å². The fourth-order valence-electron chi connectivity index (χ4n) is 1.95. The van der Waals surface area contributed by atoms with Crippen molar-refractivity contribution in [1.82, 2.24) is 4.98 Å². The summed E-state index contributed by atoms with van der Waals surface area (Å²) in [6.07, 6.45) is 0. The van der Waals surface area contributed by atoms with Gasteiger partial charge in [-0.1, -0.05) is 23.2 Å². The van der Waals surface area contributed by atoms with Crippen LogP contribution in [0.2, 0.25) is 10.0 Å². The molecule has 0 saturated carbocycles. The molecule has 2 aromatic carbocycles. The predicted molar refractivity (Wildman–Crippen MR) is 88.5 cm³/mol. The molecule has 0 aliphatic rings. The van der Waals surface area contributed by atoms with Crippen molar-refractivity contribution in [3.05, 3.63) is 50.9 Å². The molecule has 7 nitrogen and oxygen atoms in total. The van der Waals surface area contributed by atoms with E-state index in [0.29, 0.717) is 5.52 Å². The fourth-order valence-corrected chi connectivity index (χ4v) is 3.49. The quantitative estimate of drug-likeness (QED) is 0.610. The van der Waals surface area contributed by atoms with Gasteiger partial charge in [0, 0.05) is 6.07 Å². The smallest absolute Gasteiger partial charge is 0.408 e. The molecule has 0 radical (unpaired) electrons. The van der Waals surface area contributed by atoms with Crippen molar-refractivity contribution < 1.29 is 12.8 Å². The molecule has 0 spiro atoms. The second kappa shape index (κ2) is 5.48. The number of aromatic nitrogens is 1. The second-order valence-corrected chi connectivity index (χ2v) is 7.13. The van der Waals surface area contributed by atoms with Crippen LogP contribution < -0.4 is 16.2 Å². The summed E-state index contributed by atoms with van der Waals surface area (Å²) in [4.78, 5) is 13.5. The van der Waals surface area contributed by atoms with Crippen LogP contribution in [0, 0.1) is 0 Å². The van der Waals surface area contributed by atoms with E-state index in [-0.39, 0.29) is 31.9 Å². The molecule has 0 atom stereocenters. The van der Waals surface area contributed by atoms with Gasteiger partial charge >= 0.3 is 5.76 Å². The molecule has 0 unspecified atom stereocenters. The number of nitrogens with one attached hydrogen (secondary N) is 2. The van der Waals surface area contributed by atoms with Gasteiger partial charge in [-0.15, -0.1) is 0 Å². The van der Waals surface area contributed by atoms with Crippen molar-refractivity contribution >= 4 is 55.7 Å². The molecule has 0 aliphatic heterocycles. The molecular formula is C13H9Cl2N3O4S. The van der Waals surface area contributed by atoms with Crippen LogP contribution in [0.15, 0.2) is 44.4 Å². The predicted octanol–water partition coefficient (Wildman–Crippen LogP) is 2.81. The van der Waals surface area contributed by atoms with Gasteiger partial charge in [0.05, 0.1) is 31.8 Å². The van der Waals surface area contributed by atoms with Gasteiger partial charge < -0.3 is 10.2 Å². The number of hydrogen-bond donors (Lipinski definition) is 3. The first kappa shape index (κ1) is 15.7. The van der Waals surface area contributed by atoms with E-state index in [2.05, 4.69) is 9.71 Å². The number of nitrogen functional groups attached to an aromatic ring is 1. The number of aromatic amines is 1. The summed E-state index contributed by atoms with van der Waals surface area (Å²) >= 11 is 11.8. The minimum Gasteiger partial charge on any atom is -0.408 e. The van der Waals surface area contributed by atoms with Crippen molar-refractivity contribution in [1.29, 1.82) is 0 Å². The number of sulfonamides is 1. The molecule has 1 aromatic heterocycles. The third-order valence-electron chi connectivity index (χ3n) is 3.03. The number of anilines is 2. The molecule has 0 saturated heterocycles. The van der Waals surface area contributed by atoms with Crippen molar-refractivity contribution in [3.8, 4) is 0 Å². The molecule has 1 heterocycles. The normalized spacial score (nSPS) is 11.7. The van der Waals surface area contributed by atoms with Gasteiger partial charge in [0.2, 0.25) is 0 Å². The van der Waals surface area contributed by atoms with Crippen LogP contribution in [0.25, 0.3) is 11.1 Å². The maximum Gasteiger partial charge on any atom is 0.417 e. The zero-order chi connectivity index (χ0) is 16.8. The van der Waals surface area contributed by atoms with E-state index in [4.69, 9.17) is 33.4 Å². The lowest BCUT2D eigenvalue weighted by Crippen LogP contribution is -2.13. The van der Waals surface area contributed by atoms with Crippen LogP contribution in [-0.4, -0.2) is 13.4 Å². The third-order valence-corrected chi connectivity index (χ3v) is 5.04. The fraction of sp³-hybridized carbons (Fsp3) is 0. The van der Waals surface area contributed by atoms with E-state index in [1.165, 1.54) is 30.3 Å². The molecule has 3 aromatic rings. The Kier molecular flexibility index (Phi) is 3.75. The van der Waals surface area contributed by atoms with Crippen LogP contribution >= 0.6 is 23.2 Å². The van der Waals surface area contributed by atoms with Gasteiger partial charge in [0.15, 0.2) is 5.58 Å². The number of fused-ring (bicyclic) bond motifs is 1. The Morgan fingerprint density at radius 2 is 1.78 bits per heavy atom. The van der Waals surface area contributed by atoms with E-state index in [9.17, 15) is 13.2 Å². The number of nitrogens with two attached hydrogens (primary N) is 1. The highest BCUT2D eigenvalue weighted by atomic mass is 35.5. The summed E-state index contributed by atoms with van der Waals surface area (Å²) in [5, 5.41) is 0.254. The number of hydrogen-bond acceptors (Lipinski definition) is 5. The maximum atomic E-state index is 12.4. The van der Waals surface area contributed by atoms with Crippen LogP contribution in [0.5, 0.6) is 0 Å². The maximum absolute atomic E-state index is 12.4. The summed E-state index contributed by atoms with van der Waals surface area (Å²) in [6.45, 7) is 0. The Labute approximate surface area is 140 Å². The molecule has 0 aliphatic carbocycles. The average Bonchev–Trinajstić information content (AvgIpc) is 2.83. The molecule has 23 heavy (non-hydrogen) atoms. The molecular weight excluding hydrogens is 365 g/mol. The summed E-state index contributed by atoms with van der Waals surface area (Å²) in [5.41, 5.74) is 6.45. The van der Waals surface area contributed by atoms with E-state index >= 15 is 0 Å². The monoisotopic (exact) mass is 373 g/mol. The van der Waals surface area contributed by atoms with Gasteiger partial charge in [-0.2, -0.15) is 0 Å². The first-order valence-corrected chi connectivity index (χ1v) is 8.40. The number of oxazole rings is 1. The number of rotatable bonds is 3. The van der Waals surface area contributed by atoms with Gasteiger partial charge in [-0.05, 0) is 24.3 Å². The summed E-state index contributed by atoms with van der Waals surface area (Å²) in [5.74, 6) is -0.667. The van der Waals surface area contributed by atoms with Gasteiger partial charge in [-0.3, -0.25) is 9.71 Å². The zero-order valence-corrected chi connectivity index (χ0v) is 13.6. The number of H-pyrrole nitrogens is 1. The summed E-state index contributed by atoms with van der Waals surface area (Å²) < 4.78 is 32.0. The van der Waals surface area contributed by atoms with Crippen LogP contribution in [0.3, 0.4) is 0 Å². The van der Waals surface area contributed by atoms with E-state index in [1.54, 1.807) is 0 Å². The molecule has 120 valence electrons. The molecule has 0 bridgehead atoms. The molecule has 3 rings (SSSR count). The average molecular weight is 374 g/mol. The van der Waals surface area contributed by atoms with Crippen molar-refractivity contribution in [2.24, 2.45) is 0 Å². The SMILES string of the molecule is Nc1c(Cl)cc(NS(=O)(=O)c2ccc3[nH]c(=O)oc3c2)cc1Cl. The second-order valence-electron chi connectivity index (χ2n) is 4.63. The van der Waals surface area contributed by atoms with Gasteiger partial charge in [-0.25, -0.2) is 13.2 Å². The highest BCUT2D eigenvalue weighted by Crippen LogP contribution is 2.32. The Balaban J connectivity index is 2.01. The lowest BCUT2D eigenvalue weighted by molar-refractivity contribution is 0.554. The highest BCUT2D eigenvalue weighted by molar-refractivity contribution is 7.92. The Hall–Kier alpha value is -2.16. The Morgan fingerprint density at radius 3 is 2.43 bits per heavy atom.